The van der Waals surface area contributed by atoms with Crippen LogP contribution in [-0.4, -0.2) is 183 Å². The summed E-state index contributed by atoms with van der Waals surface area (Å²) in [4.78, 5) is 46.0. The van der Waals surface area contributed by atoms with Crippen LogP contribution in [0.4, 0.5) is 0 Å². The van der Waals surface area contributed by atoms with Crippen molar-refractivity contribution >= 4 is 103 Å². The minimum atomic E-state index is -0.923. The molecular formula is C47H82BClIN2O16S3. The van der Waals surface area contributed by atoms with Crippen LogP contribution < -0.4 is 5.73 Å². The standard InChI is InChI=1S/C17H25NO6S.C14H21IO6.C13H25NO4S.C2H6S.CH4.B.ClH/c1-11(19)22-15-13-6-3-4-8-21-17(16(15)23-12(2)20)24-14(13)10-25-9-5-7-18;1-8(16)19-12-10-5-3-4-6-18-14(21-11(10)7-15)13(12)20-9(2)17;14-5-3-7-19-8-10-9-4-1-2-6-17-13(18-10)12(16)11(9)15;1-3-2;;;/h13-17H,3-6,8-10H2,1-2H3;10-14H,3-7H2,1-2H3;9-13,15-16H,1-8,14H2;1-2H3;1H4;;1H. The number of carbonyl (C=O) groups is 4. The molecule has 0 spiro atoms. The second-order valence-corrected chi connectivity index (χ2v) is 21.3. The molecule has 24 heteroatoms. The van der Waals surface area contributed by atoms with E-state index >= 15 is 0 Å². The number of hydrogen-bond donors (Lipinski definition) is 3. The van der Waals surface area contributed by atoms with Gasteiger partial charge in [0, 0.05) is 102 Å². The monoisotopic (exact) mass is 1200 g/mol. The van der Waals surface area contributed by atoms with Crippen molar-refractivity contribution in [1.29, 1.82) is 5.26 Å². The molecule has 9 saturated heterocycles. The fourth-order valence-electron chi connectivity index (χ4n) is 8.92. The zero-order valence-electron chi connectivity index (χ0n) is 41.5. The Balaban J connectivity index is 0.000000993. The van der Waals surface area contributed by atoms with Gasteiger partial charge >= 0.3 is 23.9 Å². The molecule has 71 heavy (non-hydrogen) atoms. The van der Waals surface area contributed by atoms with Gasteiger partial charge < -0.3 is 63.3 Å². The van der Waals surface area contributed by atoms with Crippen molar-refractivity contribution in [2.24, 2.45) is 23.5 Å². The van der Waals surface area contributed by atoms with Gasteiger partial charge in [-0.25, -0.2) is 0 Å². The number of fused-ring (bicyclic) bond motifs is 18. The third kappa shape index (κ3) is 24.4. The van der Waals surface area contributed by atoms with Crippen molar-refractivity contribution in [2.75, 3.05) is 66.3 Å². The molecule has 18 nitrogen and oxygen atoms in total. The summed E-state index contributed by atoms with van der Waals surface area (Å²) < 4.78 is 57.5. The number of alkyl halides is 1. The molecule has 15 atom stereocenters. The third-order valence-corrected chi connectivity index (χ3v) is 14.9. The maximum atomic E-state index is 11.6. The van der Waals surface area contributed by atoms with E-state index < -0.39 is 73.4 Å². The lowest BCUT2D eigenvalue weighted by molar-refractivity contribution is -0.285. The Labute approximate surface area is 457 Å². The lowest BCUT2D eigenvalue weighted by atomic mass is 9.85. The van der Waals surface area contributed by atoms with E-state index in [9.17, 15) is 29.4 Å². The molecule has 9 heterocycles. The van der Waals surface area contributed by atoms with E-state index in [-0.39, 0.29) is 70.3 Å². The third-order valence-electron chi connectivity index (χ3n) is 11.9. The molecule has 6 bridgehead atoms. The molecular weight excluding hydrogens is 1120 g/mol. The fourth-order valence-corrected chi connectivity index (χ4v) is 11.8. The molecule has 3 radical (unpaired) electrons. The van der Waals surface area contributed by atoms with Crippen molar-refractivity contribution in [3.63, 3.8) is 0 Å². The summed E-state index contributed by atoms with van der Waals surface area (Å²) in [7, 11) is 0. The van der Waals surface area contributed by atoms with Crippen LogP contribution in [0.5, 0.6) is 0 Å². The summed E-state index contributed by atoms with van der Waals surface area (Å²) >= 11 is 7.43. The molecule has 9 aliphatic rings. The summed E-state index contributed by atoms with van der Waals surface area (Å²) in [6.45, 7) is 7.73. The predicted molar refractivity (Wildman–Crippen MR) is 287 cm³/mol. The highest BCUT2D eigenvalue weighted by Gasteiger charge is 2.52. The molecule has 15 unspecified atom stereocenters. The minimum Gasteiger partial charge on any atom is -0.458 e. The van der Waals surface area contributed by atoms with Gasteiger partial charge in [0.25, 0.3) is 0 Å². The van der Waals surface area contributed by atoms with Crippen molar-refractivity contribution < 1.29 is 76.8 Å². The summed E-state index contributed by atoms with van der Waals surface area (Å²) in [5.74, 6) is 1.52. The van der Waals surface area contributed by atoms with Gasteiger partial charge in [-0.2, -0.15) is 40.5 Å². The van der Waals surface area contributed by atoms with Gasteiger partial charge in [0.15, 0.2) is 31.1 Å². The van der Waals surface area contributed by atoms with Crippen molar-refractivity contribution in [2.45, 2.75) is 180 Å². The number of nitrogens with two attached hydrogens (primary N) is 1. The zero-order chi connectivity index (χ0) is 50.0. The summed E-state index contributed by atoms with van der Waals surface area (Å²) in [5.41, 5.74) is 5.48. The molecule has 0 aromatic rings. The van der Waals surface area contributed by atoms with Crippen LogP contribution in [0.3, 0.4) is 0 Å². The quantitative estimate of drug-likeness (QED) is 0.0460. The normalized spacial score (nSPS) is 32.8. The van der Waals surface area contributed by atoms with Gasteiger partial charge in [0.2, 0.25) is 0 Å². The molecule has 9 fully saturated rings. The van der Waals surface area contributed by atoms with Crippen LogP contribution >= 0.6 is 70.3 Å². The second-order valence-electron chi connectivity index (χ2n) is 17.3. The maximum Gasteiger partial charge on any atom is 0.303 e. The zero-order valence-corrected chi connectivity index (χ0v) is 46.9. The van der Waals surface area contributed by atoms with Gasteiger partial charge in [0.05, 0.1) is 30.5 Å². The number of rotatable bonds is 14. The van der Waals surface area contributed by atoms with Crippen LogP contribution in [0.2, 0.25) is 0 Å². The molecule has 9 rings (SSSR count). The summed E-state index contributed by atoms with van der Waals surface area (Å²) in [5, 5.41) is 28.9. The first-order valence-corrected chi connectivity index (χ1v) is 29.2. The molecule has 0 aromatic heterocycles. The first-order chi connectivity index (χ1) is 32.7. The van der Waals surface area contributed by atoms with Gasteiger partial charge in [-0.15, -0.1) is 12.4 Å². The molecule has 0 aromatic carbocycles. The molecule has 4 N–H and O–H groups in total. The van der Waals surface area contributed by atoms with Crippen LogP contribution in [0.25, 0.3) is 0 Å². The Morgan fingerprint density at radius 1 is 0.634 bits per heavy atom. The number of nitrogens with zero attached hydrogens (tertiary/aromatic N) is 1. The Morgan fingerprint density at radius 2 is 1.01 bits per heavy atom. The first-order valence-electron chi connectivity index (χ1n) is 23.8. The van der Waals surface area contributed by atoms with Gasteiger partial charge in [-0.3, -0.25) is 19.2 Å². The van der Waals surface area contributed by atoms with Crippen molar-refractivity contribution in [1.82, 2.24) is 0 Å². The lowest BCUT2D eigenvalue weighted by Crippen LogP contribution is -2.58. The number of thioether (sulfide) groups is 3. The van der Waals surface area contributed by atoms with E-state index in [1.165, 1.54) is 27.7 Å². The highest BCUT2D eigenvalue weighted by molar-refractivity contribution is 14.1. The first kappa shape index (κ1) is 70.1. The average molecular weight is 1200 g/mol. The van der Waals surface area contributed by atoms with Gasteiger partial charge in [0.1, 0.15) is 18.3 Å². The highest BCUT2D eigenvalue weighted by atomic mass is 127. The van der Waals surface area contributed by atoms with Crippen LogP contribution in [0.1, 0.15) is 106 Å². The van der Waals surface area contributed by atoms with E-state index in [1.54, 1.807) is 35.3 Å². The van der Waals surface area contributed by atoms with E-state index in [2.05, 4.69) is 28.7 Å². The summed E-state index contributed by atoms with van der Waals surface area (Å²) in [6.07, 6.45) is 7.17. The Bertz CT molecular complexity index is 1540. The van der Waals surface area contributed by atoms with Crippen molar-refractivity contribution in [3.8, 4) is 6.07 Å². The number of hydrogen-bond acceptors (Lipinski definition) is 21. The number of carbonyl (C=O) groups excluding carboxylic acids is 4. The number of aliphatic hydroxyl groups excluding tert-OH is 2. The van der Waals surface area contributed by atoms with Gasteiger partial charge in [-0.1, -0.05) is 49.3 Å². The van der Waals surface area contributed by atoms with Crippen LogP contribution in [0, 0.1) is 29.1 Å². The molecule has 9 aliphatic heterocycles. The lowest BCUT2D eigenvalue weighted by Gasteiger charge is -2.44. The van der Waals surface area contributed by atoms with E-state index in [4.69, 9.17) is 58.4 Å². The van der Waals surface area contributed by atoms with Crippen LogP contribution in [-0.2, 0) is 66.5 Å². The number of aliphatic hydroxyl groups is 2. The highest BCUT2D eigenvalue weighted by Crippen LogP contribution is 2.39. The fraction of sp³-hybridized carbons (Fsp3) is 0.894. The van der Waals surface area contributed by atoms with Crippen molar-refractivity contribution in [3.05, 3.63) is 0 Å². The van der Waals surface area contributed by atoms with E-state index in [0.29, 0.717) is 38.5 Å². The number of ether oxygens (including phenoxy) is 10. The van der Waals surface area contributed by atoms with E-state index in [1.807, 2.05) is 12.5 Å². The Hall–Kier alpha value is -0.855. The van der Waals surface area contributed by atoms with Crippen LogP contribution in [0.15, 0.2) is 0 Å². The second kappa shape index (κ2) is 39.5. The molecule has 0 saturated carbocycles. The number of esters is 4. The number of halogens is 2. The Morgan fingerprint density at radius 3 is 1.45 bits per heavy atom. The van der Waals surface area contributed by atoms with E-state index in [0.717, 1.165) is 85.9 Å². The molecule has 411 valence electrons. The largest absolute Gasteiger partial charge is 0.458 e. The number of nitriles is 1. The topological polar surface area (TPSA) is 251 Å². The molecule has 0 amide bonds. The molecule has 0 aliphatic carbocycles. The predicted octanol–water partition coefficient (Wildman–Crippen LogP) is 5.85. The van der Waals surface area contributed by atoms with Gasteiger partial charge in [-0.05, 0) is 69.8 Å². The minimum absolute atomic E-state index is 0. The average Bonchev–Trinajstić information content (AvgIpc) is 3.61. The summed E-state index contributed by atoms with van der Waals surface area (Å²) in [6, 6.07) is 2.12. The maximum absolute atomic E-state index is 11.6. The SMILES string of the molecule is C.CC(=O)OC1C2OCCCCC(C(CI)O2)C1OC(C)=O.CC(=O)OC1C2OCCCCC(C(CSCCC#N)O2)C1OC(C)=O.CSC.Cl.NCCCSCC1OC2OCCCCC1C(O)C2O.[B]. The smallest absolute Gasteiger partial charge is 0.303 e. The Kier molecular flexibility index (Phi) is 39.0.